The Morgan fingerprint density at radius 2 is 1.62 bits per heavy atom. The van der Waals surface area contributed by atoms with Crippen molar-refractivity contribution in [1.82, 2.24) is 10.6 Å². The summed E-state index contributed by atoms with van der Waals surface area (Å²) in [6.45, 7) is 0. The zero-order valence-electron chi connectivity index (χ0n) is 12.9. The molecule has 0 heterocycles. The first-order chi connectivity index (χ1) is 12.2. The lowest BCUT2D eigenvalue weighted by molar-refractivity contribution is 0.0934. The molecule has 0 spiro atoms. The smallest absolute Gasteiger partial charge is 0.252 e. The number of carbonyl (C=O) groups is 1. The van der Waals surface area contributed by atoms with Gasteiger partial charge in [-0.2, -0.15) is 0 Å². The molecular weight excluding hydrogens is 460 g/mol. The lowest BCUT2D eigenvalue weighted by Gasteiger charge is -2.27. The molecule has 1 atom stereocenters. The van der Waals surface area contributed by atoms with Crippen molar-refractivity contribution < 1.29 is 4.79 Å². The van der Waals surface area contributed by atoms with E-state index < -0.39 is 15.9 Å². The molecule has 26 heavy (non-hydrogen) atoms. The normalized spacial score (nSPS) is 12.2. The third-order valence-corrected chi connectivity index (χ3v) is 4.71. The molecule has 0 aliphatic heterocycles. The van der Waals surface area contributed by atoms with E-state index in [1.165, 1.54) is 0 Å². The van der Waals surface area contributed by atoms with Crippen LogP contribution in [-0.2, 0) is 0 Å². The molecule has 0 fully saturated rings. The third-order valence-electron chi connectivity index (χ3n) is 3.09. The van der Waals surface area contributed by atoms with E-state index in [4.69, 9.17) is 70.2 Å². The summed E-state index contributed by atoms with van der Waals surface area (Å²) in [5, 5.41) is 9.10. The molecule has 0 unspecified atom stereocenters. The number of alkyl halides is 3. The van der Waals surface area contributed by atoms with E-state index in [1.807, 2.05) is 0 Å². The van der Waals surface area contributed by atoms with Gasteiger partial charge in [0.25, 0.3) is 5.91 Å². The van der Waals surface area contributed by atoms with Crippen molar-refractivity contribution in [2.75, 3.05) is 5.32 Å². The second kappa shape index (κ2) is 9.31. The third kappa shape index (κ3) is 6.34. The Kier molecular flexibility index (Phi) is 7.64. The van der Waals surface area contributed by atoms with Gasteiger partial charge in [0, 0.05) is 11.3 Å². The number of thiocarbonyl (C=S) groups is 1. The summed E-state index contributed by atoms with van der Waals surface area (Å²) in [7, 11) is 0. The Hall–Kier alpha value is -0.950. The van der Waals surface area contributed by atoms with Gasteiger partial charge in [-0.15, -0.1) is 0 Å². The van der Waals surface area contributed by atoms with Crippen LogP contribution in [0.1, 0.15) is 10.4 Å². The number of hydrogen-bond acceptors (Lipinski definition) is 2. The standard InChI is InChI=1S/C16H12Cl5N3OS/c17-11-7-6-10(8-12(11)18)22-15(26)24-14(16(19,20)21)23-13(25)9-4-2-1-3-5-9/h1-8,14H,(H,23,25)(H2,22,24,26)/t14-/m0/s1. The summed E-state index contributed by atoms with van der Waals surface area (Å²) in [6, 6.07) is 13.4. The van der Waals surface area contributed by atoms with Crippen LogP contribution in [0.4, 0.5) is 5.69 Å². The van der Waals surface area contributed by atoms with Gasteiger partial charge in [0.1, 0.15) is 6.17 Å². The zero-order valence-corrected chi connectivity index (χ0v) is 17.5. The second-order valence-corrected chi connectivity index (χ2v) is 8.63. The summed E-state index contributed by atoms with van der Waals surface area (Å²) in [6.07, 6.45) is -1.08. The highest BCUT2D eigenvalue weighted by Gasteiger charge is 2.34. The van der Waals surface area contributed by atoms with Crippen LogP contribution in [0.25, 0.3) is 0 Å². The number of hydrogen-bond donors (Lipinski definition) is 3. The Bertz CT molecular complexity index is 798. The minimum atomic E-state index is -1.85. The molecule has 0 aliphatic carbocycles. The topological polar surface area (TPSA) is 53.2 Å². The molecule has 2 aromatic carbocycles. The Labute approximate surface area is 181 Å². The molecule has 0 saturated carbocycles. The van der Waals surface area contributed by atoms with Gasteiger partial charge >= 0.3 is 0 Å². The average Bonchev–Trinajstić information content (AvgIpc) is 2.57. The van der Waals surface area contributed by atoms with E-state index in [9.17, 15) is 4.79 Å². The lowest BCUT2D eigenvalue weighted by atomic mass is 10.2. The van der Waals surface area contributed by atoms with E-state index in [-0.39, 0.29) is 5.11 Å². The summed E-state index contributed by atoms with van der Waals surface area (Å²) in [5.41, 5.74) is 0.992. The monoisotopic (exact) mass is 469 g/mol. The highest BCUT2D eigenvalue weighted by molar-refractivity contribution is 7.80. The summed E-state index contributed by atoms with van der Waals surface area (Å²) in [4.78, 5) is 12.3. The second-order valence-electron chi connectivity index (χ2n) is 5.04. The fourth-order valence-corrected chi connectivity index (χ4v) is 2.74. The molecule has 2 aromatic rings. The molecule has 0 aromatic heterocycles. The average molecular weight is 472 g/mol. The van der Waals surface area contributed by atoms with Gasteiger partial charge in [0.15, 0.2) is 5.11 Å². The lowest BCUT2D eigenvalue weighted by Crippen LogP contribution is -2.56. The van der Waals surface area contributed by atoms with Crippen LogP contribution >= 0.6 is 70.2 Å². The molecule has 0 aliphatic rings. The van der Waals surface area contributed by atoms with Crippen LogP contribution in [0.2, 0.25) is 10.0 Å². The van der Waals surface area contributed by atoms with Crippen molar-refractivity contribution in [2.45, 2.75) is 9.96 Å². The Balaban J connectivity index is 2.06. The minimum Gasteiger partial charge on any atom is -0.339 e. The first-order valence-electron chi connectivity index (χ1n) is 7.12. The summed E-state index contributed by atoms with van der Waals surface area (Å²) >= 11 is 34.9. The van der Waals surface area contributed by atoms with Gasteiger partial charge in [-0.05, 0) is 42.5 Å². The van der Waals surface area contributed by atoms with Crippen LogP contribution in [0, 0.1) is 0 Å². The van der Waals surface area contributed by atoms with Crippen molar-refractivity contribution in [3.05, 3.63) is 64.1 Å². The van der Waals surface area contributed by atoms with Crippen molar-refractivity contribution in [1.29, 1.82) is 0 Å². The molecule has 2 rings (SSSR count). The molecule has 10 heteroatoms. The first kappa shape index (κ1) is 21.4. The van der Waals surface area contributed by atoms with Crippen LogP contribution in [0.3, 0.4) is 0 Å². The quantitative estimate of drug-likeness (QED) is 0.317. The molecule has 138 valence electrons. The van der Waals surface area contributed by atoms with Gasteiger partial charge in [-0.3, -0.25) is 4.79 Å². The van der Waals surface area contributed by atoms with E-state index >= 15 is 0 Å². The minimum absolute atomic E-state index is 0.119. The van der Waals surface area contributed by atoms with Gasteiger partial charge in [-0.25, -0.2) is 0 Å². The molecule has 0 radical (unpaired) electrons. The van der Waals surface area contributed by atoms with Crippen LogP contribution in [0.5, 0.6) is 0 Å². The maximum Gasteiger partial charge on any atom is 0.252 e. The SMILES string of the molecule is O=C(N[C@@H](NC(=S)Nc1ccc(Cl)c(Cl)c1)C(Cl)(Cl)Cl)c1ccccc1. The van der Waals surface area contributed by atoms with Crippen LogP contribution < -0.4 is 16.0 Å². The fourth-order valence-electron chi connectivity index (χ4n) is 1.88. The van der Waals surface area contributed by atoms with E-state index in [2.05, 4.69) is 16.0 Å². The van der Waals surface area contributed by atoms with E-state index in [0.29, 0.717) is 21.3 Å². The van der Waals surface area contributed by atoms with Crippen LogP contribution in [0.15, 0.2) is 48.5 Å². The molecule has 4 nitrogen and oxygen atoms in total. The first-order valence-corrected chi connectivity index (χ1v) is 9.42. The van der Waals surface area contributed by atoms with Gasteiger partial charge in [-0.1, -0.05) is 76.2 Å². The predicted octanol–water partition coefficient (Wildman–Crippen LogP) is 5.41. The Morgan fingerprint density at radius 3 is 2.19 bits per heavy atom. The van der Waals surface area contributed by atoms with Crippen molar-refractivity contribution in [3.63, 3.8) is 0 Å². The highest BCUT2D eigenvalue weighted by Crippen LogP contribution is 2.29. The molecule has 0 saturated heterocycles. The van der Waals surface area contributed by atoms with Crippen molar-refractivity contribution in [2.24, 2.45) is 0 Å². The van der Waals surface area contributed by atoms with Gasteiger partial charge in [0.05, 0.1) is 10.0 Å². The fraction of sp³-hybridized carbons (Fsp3) is 0.125. The largest absolute Gasteiger partial charge is 0.339 e. The maximum absolute atomic E-state index is 12.3. The van der Waals surface area contributed by atoms with Gasteiger partial charge in [0.2, 0.25) is 3.79 Å². The molecule has 3 N–H and O–H groups in total. The molecule has 0 bridgehead atoms. The number of carbonyl (C=O) groups excluding carboxylic acids is 1. The highest BCUT2D eigenvalue weighted by atomic mass is 35.6. The van der Waals surface area contributed by atoms with Gasteiger partial charge < -0.3 is 16.0 Å². The number of anilines is 1. The molecular formula is C16H12Cl5N3OS. The van der Waals surface area contributed by atoms with Crippen molar-refractivity contribution in [3.8, 4) is 0 Å². The molecule has 1 amide bonds. The maximum atomic E-state index is 12.3. The number of halogens is 5. The van der Waals surface area contributed by atoms with Crippen LogP contribution in [-0.4, -0.2) is 21.0 Å². The Morgan fingerprint density at radius 1 is 0.962 bits per heavy atom. The number of benzene rings is 2. The summed E-state index contributed by atoms with van der Waals surface area (Å²) < 4.78 is -1.85. The summed E-state index contributed by atoms with van der Waals surface area (Å²) in [5.74, 6) is -0.424. The predicted molar refractivity (Wildman–Crippen MR) is 114 cm³/mol. The number of rotatable bonds is 4. The number of amides is 1. The number of nitrogens with one attached hydrogen (secondary N) is 3. The van der Waals surface area contributed by atoms with E-state index in [0.717, 1.165) is 0 Å². The zero-order chi connectivity index (χ0) is 19.3. The van der Waals surface area contributed by atoms with Crippen molar-refractivity contribution >= 4 is 86.9 Å². The van der Waals surface area contributed by atoms with E-state index in [1.54, 1.807) is 48.5 Å².